The molecule has 33 heavy (non-hydrogen) atoms. The van der Waals surface area contributed by atoms with E-state index in [4.69, 9.17) is 18.9 Å². The summed E-state index contributed by atoms with van der Waals surface area (Å²) in [5, 5.41) is 0. The molecule has 6 nitrogen and oxygen atoms in total. The van der Waals surface area contributed by atoms with Crippen LogP contribution >= 0.6 is 0 Å². The maximum Gasteiger partial charge on any atom is 0.338 e. The van der Waals surface area contributed by atoms with Gasteiger partial charge in [-0.1, -0.05) is 78.9 Å². The minimum absolute atomic E-state index is 0.157. The summed E-state index contributed by atoms with van der Waals surface area (Å²) in [6.45, 7) is 0.636. The second-order valence-electron chi connectivity index (χ2n) is 7.77. The van der Waals surface area contributed by atoms with Crippen molar-refractivity contribution in [2.24, 2.45) is 0 Å². The zero-order valence-corrected chi connectivity index (χ0v) is 18.1. The topological polar surface area (TPSA) is 71.1 Å². The molecule has 0 aromatic heterocycles. The molecule has 170 valence electrons. The fourth-order valence-electron chi connectivity index (χ4n) is 3.64. The van der Waals surface area contributed by atoms with Gasteiger partial charge in [0.1, 0.15) is 6.10 Å². The third kappa shape index (κ3) is 6.35. The Morgan fingerprint density at radius 3 is 2.24 bits per heavy atom. The molecule has 0 aliphatic carbocycles. The lowest BCUT2D eigenvalue weighted by atomic mass is 10.1. The van der Waals surface area contributed by atoms with Crippen LogP contribution in [0.25, 0.3) is 0 Å². The smallest absolute Gasteiger partial charge is 0.338 e. The molecule has 0 amide bonds. The van der Waals surface area contributed by atoms with Gasteiger partial charge < -0.3 is 18.9 Å². The lowest BCUT2D eigenvalue weighted by Crippen LogP contribution is -2.36. The molecule has 4 rings (SSSR count). The zero-order valence-electron chi connectivity index (χ0n) is 18.1. The molecule has 6 heteroatoms. The Morgan fingerprint density at radius 2 is 1.58 bits per heavy atom. The van der Waals surface area contributed by atoms with Crippen LogP contribution in [0, 0.1) is 0 Å². The van der Waals surface area contributed by atoms with Crippen LogP contribution < -0.4 is 0 Å². The number of aldehydes is 1. The number of ether oxygens (including phenoxy) is 4. The number of carbonyl (C=O) groups is 2. The molecule has 3 aromatic carbocycles. The molecule has 4 atom stereocenters. The van der Waals surface area contributed by atoms with Gasteiger partial charge in [-0.3, -0.25) is 4.79 Å². The van der Waals surface area contributed by atoms with Gasteiger partial charge in [0.25, 0.3) is 0 Å². The Labute approximate surface area is 193 Å². The molecule has 0 saturated carbocycles. The fourth-order valence-corrected chi connectivity index (χ4v) is 3.64. The van der Waals surface area contributed by atoms with Crippen LogP contribution in [0.2, 0.25) is 0 Å². The SMILES string of the molecule is O=C[C@@H](C[C@@H](OCc1ccccc1)[C@@H]1COC(c2ccccc2)O1)OC(=O)c1ccccc1. The maximum atomic E-state index is 12.5. The van der Waals surface area contributed by atoms with Gasteiger partial charge in [-0.05, 0) is 17.7 Å². The summed E-state index contributed by atoms with van der Waals surface area (Å²) in [4.78, 5) is 24.2. The summed E-state index contributed by atoms with van der Waals surface area (Å²) in [6.07, 6.45) is -1.64. The molecule has 0 radical (unpaired) electrons. The molecule has 1 aliphatic rings. The molecule has 1 saturated heterocycles. The van der Waals surface area contributed by atoms with E-state index < -0.39 is 30.6 Å². The van der Waals surface area contributed by atoms with E-state index in [2.05, 4.69) is 0 Å². The molecule has 1 heterocycles. The standard InChI is InChI=1S/C27H26O6/c28-17-23(32-26(29)21-12-6-2-7-13-21)16-24(30-18-20-10-4-1-5-11-20)25-19-31-27(33-25)22-14-8-3-9-15-22/h1-15,17,23-25,27H,16,18-19H2/t23-,24-,25+,27?/m1/s1. The molecule has 3 aromatic rings. The highest BCUT2D eigenvalue weighted by Gasteiger charge is 2.36. The van der Waals surface area contributed by atoms with E-state index in [0.717, 1.165) is 11.1 Å². The van der Waals surface area contributed by atoms with Gasteiger partial charge in [0.2, 0.25) is 0 Å². The highest BCUT2D eigenvalue weighted by molar-refractivity contribution is 5.90. The Balaban J connectivity index is 1.44. The van der Waals surface area contributed by atoms with E-state index in [1.54, 1.807) is 24.3 Å². The van der Waals surface area contributed by atoms with Gasteiger partial charge >= 0.3 is 5.97 Å². The Kier molecular flexibility index (Phi) is 7.98. The van der Waals surface area contributed by atoms with Crippen molar-refractivity contribution in [1.29, 1.82) is 0 Å². The van der Waals surface area contributed by atoms with Crippen molar-refractivity contribution in [3.8, 4) is 0 Å². The zero-order chi connectivity index (χ0) is 22.9. The van der Waals surface area contributed by atoms with Crippen LogP contribution in [-0.4, -0.2) is 37.2 Å². The second kappa shape index (κ2) is 11.5. The normalized spacial score (nSPS) is 19.5. The first kappa shape index (κ1) is 22.9. The number of carbonyl (C=O) groups excluding carboxylic acids is 2. The maximum absolute atomic E-state index is 12.5. The first-order valence-electron chi connectivity index (χ1n) is 10.9. The van der Waals surface area contributed by atoms with Crippen LogP contribution in [0.5, 0.6) is 0 Å². The van der Waals surface area contributed by atoms with Crippen molar-refractivity contribution in [3.63, 3.8) is 0 Å². The highest BCUT2D eigenvalue weighted by atomic mass is 16.7. The second-order valence-corrected chi connectivity index (χ2v) is 7.77. The van der Waals surface area contributed by atoms with Gasteiger partial charge in [0.05, 0.1) is 24.9 Å². The largest absolute Gasteiger partial charge is 0.451 e. The summed E-state index contributed by atoms with van der Waals surface area (Å²) >= 11 is 0. The van der Waals surface area contributed by atoms with E-state index in [0.29, 0.717) is 25.1 Å². The van der Waals surface area contributed by atoms with Gasteiger partial charge in [-0.25, -0.2) is 4.79 Å². The third-order valence-electron chi connectivity index (χ3n) is 5.39. The van der Waals surface area contributed by atoms with E-state index in [9.17, 15) is 9.59 Å². The summed E-state index contributed by atoms with van der Waals surface area (Å²) in [7, 11) is 0. The molecule has 0 N–H and O–H groups in total. The summed E-state index contributed by atoms with van der Waals surface area (Å²) in [5.41, 5.74) is 2.28. The van der Waals surface area contributed by atoms with Gasteiger partial charge in [-0.15, -0.1) is 0 Å². The Bertz CT molecular complexity index is 1010. The molecular weight excluding hydrogens is 420 g/mol. The molecular formula is C27H26O6. The van der Waals surface area contributed by atoms with Crippen molar-refractivity contribution in [1.82, 2.24) is 0 Å². The van der Waals surface area contributed by atoms with E-state index >= 15 is 0 Å². The van der Waals surface area contributed by atoms with Crippen LogP contribution in [0.3, 0.4) is 0 Å². The van der Waals surface area contributed by atoms with Crippen LogP contribution in [-0.2, 0) is 30.3 Å². The van der Waals surface area contributed by atoms with Crippen molar-refractivity contribution in [3.05, 3.63) is 108 Å². The van der Waals surface area contributed by atoms with Crippen molar-refractivity contribution in [2.75, 3.05) is 6.61 Å². The third-order valence-corrected chi connectivity index (χ3v) is 5.39. The minimum Gasteiger partial charge on any atom is -0.451 e. The predicted molar refractivity (Wildman–Crippen MR) is 121 cm³/mol. The number of rotatable bonds is 10. The number of benzene rings is 3. The first-order valence-corrected chi connectivity index (χ1v) is 10.9. The van der Waals surface area contributed by atoms with E-state index in [-0.39, 0.29) is 6.42 Å². The molecule has 0 bridgehead atoms. The first-order chi connectivity index (χ1) is 16.2. The van der Waals surface area contributed by atoms with Crippen molar-refractivity contribution in [2.45, 2.75) is 37.6 Å². The number of hydrogen-bond acceptors (Lipinski definition) is 6. The van der Waals surface area contributed by atoms with E-state index in [1.807, 2.05) is 66.7 Å². The highest BCUT2D eigenvalue weighted by Crippen LogP contribution is 2.30. The predicted octanol–water partition coefficient (Wildman–Crippen LogP) is 4.50. The molecule has 1 unspecified atom stereocenters. The average Bonchev–Trinajstić information content (AvgIpc) is 3.37. The van der Waals surface area contributed by atoms with Crippen molar-refractivity contribution < 1.29 is 28.5 Å². The van der Waals surface area contributed by atoms with E-state index in [1.165, 1.54) is 0 Å². The summed E-state index contributed by atoms with van der Waals surface area (Å²) in [6, 6.07) is 27.9. The molecule has 1 aliphatic heterocycles. The number of esters is 1. The Hall–Kier alpha value is -3.32. The monoisotopic (exact) mass is 446 g/mol. The molecule has 1 fully saturated rings. The lowest BCUT2D eigenvalue weighted by molar-refractivity contribution is -0.125. The Morgan fingerprint density at radius 1 is 0.939 bits per heavy atom. The summed E-state index contributed by atoms with van der Waals surface area (Å²) < 4.78 is 23.6. The van der Waals surface area contributed by atoms with Crippen molar-refractivity contribution >= 4 is 12.3 Å². The summed E-state index contributed by atoms with van der Waals surface area (Å²) in [5.74, 6) is -0.555. The average molecular weight is 446 g/mol. The quantitative estimate of drug-likeness (QED) is 0.337. The van der Waals surface area contributed by atoms with Crippen LogP contribution in [0.4, 0.5) is 0 Å². The van der Waals surface area contributed by atoms with Gasteiger partial charge in [0, 0.05) is 12.0 Å². The minimum atomic E-state index is -0.974. The lowest BCUT2D eigenvalue weighted by Gasteiger charge is -2.25. The van der Waals surface area contributed by atoms with Gasteiger partial charge in [0.15, 0.2) is 18.7 Å². The van der Waals surface area contributed by atoms with Crippen LogP contribution in [0.1, 0.15) is 34.2 Å². The number of hydrogen-bond donors (Lipinski definition) is 0. The van der Waals surface area contributed by atoms with Gasteiger partial charge in [-0.2, -0.15) is 0 Å². The fraction of sp³-hybridized carbons (Fsp3) is 0.259. The molecule has 0 spiro atoms. The van der Waals surface area contributed by atoms with Crippen LogP contribution in [0.15, 0.2) is 91.0 Å².